The van der Waals surface area contributed by atoms with Crippen LogP contribution in [0.25, 0.3) is 0 Å². The highest BCUT2D eigenvalue weighted by atomic mass is 79.9. The molecule has 2 aromatic carbocycles. The van der Waals surface area contributed by atoms with Gasteiger partial charge in [-0.3, -0.25) is 4.79 Å². The van der Waals surface area contributed by atoms with Crippen LogP contribution in [0.1, 0.15) is 21.6 Å². The third kappa shape index (κ3) is 4.62. The molecule has 7 heteroatoms. The zero-order chi connectivity index (χ0) is 21.1. The van der Waals surface area contributed by atoms with E-state index in [9.17, 15) is 4.79 Å². The van der Waals surface area contributed by atoms with Crippen LogP contribution in [-0.4, -0.2) is 47.0 Å². The first-order valence-electron chi connectivity index (χ1n) is 9.98. The average molecular weight is 466 g/mol. The summed E-state index contributed by atoms with van der Waals surface area (Å²) in [4.78, 5) is 26.2. The molecule has 1 amide bonds. The summed E-state index contributed by atoms with van der Waals surface area (Å²) < 4.78 is 0.829. The predicted molar refractivity (Wildman–Crippen MR) is 123 cm³/mol. The van der Waals surface area contributed by atoms with Gasteiger partial charge in [0.2, 0.25) is 5.95 Å². The van der Waals surface area contributed by atoms with Crippen LogP contribution in [-0.2, 0) is 0 Å². The average Bonchev–Trinajstić information content (AvgIpc) is 2.75. The van der Waals surface area contributed by atoms with Crippen molar-refractivity contribution >= 4 is 39.3 Å². The molecular formula is C23H24BrN5O. The molecule has 0 aliphatic carbocycles. The molecule has 1 aliphatic heterocycles. The van der Waals surface area contributed by atoms with Crippen molar-refractivity contribution < 1.29 is 4.79 Å². The fourth-order valence-electron chi connectivity index (χ4n) is 3.48. The summed E-state index contributed by atoms with van der Waals surface area (Å²) in [7, 11) is 0. The van der Waals surface area contributed by atoms with E-state index in [2.05, 4.69) is 50.2 Å². The number of anilines is 3. The van der Waals surface area contributed by atoms with Crippen LogP contribution in [0.2, 0.25) is 0 Å². The highest BCUT2D eigenvalue weighted by Gasteiger charge is 2.24. The Morgan fingerprint density at radius 3 is 2.37 bits per heavy atom. The topological polar surface area (TPSA) is 61.4 Å². The lowest BCUT2D eigenvalue weighted by Gasteiger charge is -2.35. The van der Waals surface area contributed by atoms with Gasteiger partial charge in [-0.15, -0.1) is 0 Å². The molecule has 0 spiro atoms. The Morgan fingerprint density at radius 1 is 0.967 bits per heavy atom. The second-order valence-corrected chi connectivity index (χ2v) is 8.30. The van der Waals surface area contributed by atoms with Crippen LogP contribution in [0.15, 0.2) is 59.1 Å². The number of carbonyl (C=O) groups is 1. The Morgan fingerprint density at radius 2 is 1.67 bits per heavy atom. The Bertz CT molecular complexity index is 1050. The number of nitrogens with one attached hydrogen (secondary N) is 1. The molecule has 0 bridgehead atoms. The molecule has 2 heterocycles. The molecule has 3 aromatic rings. The minimum Gasteiger partial charge on any atom is -0.353 e. The Labute approximate surface area is 185 Å². The lowest BCUT2D eigenvalue weighted by atomic mass is 10.2. The van der Waals surface area contributed by atoms with E-state index in [-0.39, 0.29) is 5.91 Å². The van der Waals surface area contributed by atoms with Crippen LogP contribution in [0, 0.1) is 13.8 Å². The highest BCUT2D eigenvalue weighted by Crippen LogP contribution is 2.22. The van der Waals surface area contributed by atoms with Gasteiger partial charge in [-0.25, -0.2) is 4.98 Å². The van der Waals surface area contributed by atoms with Gasteiger partial charge in [-0.2, -0.15) is 4.98 Å². The number of rotatable bonds is 4. The van der Waals surface area contributed by atoms with Gasteiger partial charge >= 0.3 is 0 Å². The van der Waals surface area contributed by atoms with Crippen LogP contribution >= 0.6 is 15.9 Å². The maximum atomic E-state index is 12.8. The monoisotopic (exact) mass is 465 g/mol. The second-order valence-electron chi connectivity index (χ2n) is 7.44. The van der Waals surface area contributed by atoms with E-state index in [4.69, 9.17) is 4.98 Å². The molecule has 0 atom stereocenters. The maximum absolute atomic E-state index is 12.8. The van der Waals surface area contributed by atoms with E-state index in [0.29, 0.717) is 24.6 Å². The van der Waals surface area contributed by atoms with E-state index in [1.807, 2.05) is 54.3 Å². The van der Waals surface area contributed by atoms with Crippen molar-refractivity contribution in [3.8, 4) is 0 Å². The Balaban J connectivity index is 1.44. The van der Waals surface area contributed by atoms with Crippen LogP contribution < -0.4 is 10.2 Å². The number of benzene rings is 2. The van der Waals surface area contributed by atoms with Gasteiger partial charge in [-0.05, 0) is 54.0 Å². The zero-order valence-electron chi connectivity index (χ0n) is 17.1. The van der Waals surface area contributed by atoms with Crippen LogP contribution in [0.3, 0.4) is 0 Å². The number of aromatic nitrogens is 2. The molecular weight excluding hydrogens is 442 g/mol. The number of piperazine rings is 1. The SMILES string of the molecule is Cc1ccc(Nc2nc(C)cc(N3CCN(C(=O)c4ccccc4Br)CC3)n2)cc1. The standard InChI is InChI=1S/C23H24BrN5O/c1-16-7-9-18(10-8-16)26-23-25-17(2)15-21(27-23)28-11-13-29(14-12-28)22(30)19-5-3-4-6-20(19)24/h3-10,15H,11-14H2,1-2H3,(H,25,26,27). The molecule has 0 radical (unpaired) electrons. The van der Waals surface area contributed by atoms with Crippen LogP contribution in [0.5, 0.6) is 0 Å². The van der Waals surface area contributed by atoms with Gasteiger partial charge in [0.05, 0.1) is 5.56 Å². The number of hydrogen-bond acceptors (Lipinski definition) is 5. The summed E-state index contributed by atoms with van der Waals surface area (Å²) >= 11 is 3.48. The fourth-order valence-corrected chi connectivity index (χ4v) is 3.93. The molecule has 30 heavy (non-hydrogen) atoms. The Hall–Kier alpha value is -2.93. The molecule has 6 nitrogen and oxygen atoms in total. The van der Waals surface area contributed by atoms with Crippen molar-refractivity contribution in [1.29, 1.82) is 0 Å². The minimum absolute atomic E-state index is 0.0581. The van der Waals surface area contributed by atoms with Crippen molar-refractivity contribution in [2.75, 3.05) is 36.4 Å². The maximum Gasteiger partial charge on any atom is 0.255 e. The van der Waals surface area contributed by atoms with E-state index >= 15 is 0 Å². The van der Waals surface area contributed by atoms with Crippen molar-refractivity contribution in [3.05, 3.63) is 75.9 Å². The second kappa shape index (κ2) is 8.83. The van der Waals surface area contributed by atoms with Crippen LogP contribution in [0.4, 0.5) is 17.5 Å². The minimum atomic E-state index is 0.0581. The first-order chi connectivity index (χ1) is 14.5. The first-order valence-corrected chi connectivity index (χ1v) is 10.8. The normalized spacial score (nSPS) is 14.0. The lowest BCUT2D eigenvalue weighted by molar-refractivity contribution is 0.0745. The molecule has 0 unspecified atom stereocenters. The molecule has 154 valence electrons. The number of hydrogen-bond donors (Lipinski definition) is 1. The van der Waals surface area contributed by atoms with Crippen molar-refractivity contribution in [3.63, 3.8) is 0 Å². The van der Waals surface area contributed by atoms with E-state index in [1.165, 1.54) is 5.56 Å². The van der Waals surface area contributed by atoms with Crippen molar-refractivity contribution in [2.24, 2.45) is 0 Å². The Kier molecular flexibility index (Phi) is 5.99. The number of carbonyl (C=O) groups excluding carboxylic acids is 1. The third-order valence-electron chi connectivity index (χ3n) is 5.14. The van der Waals surface area contributed by atoms with Gasteiger partial charge in [0, 0.05) is 48.1 Å². The largest absolute Gasteiger partial charge is 0.353 e. The summed E-state index contributed by atoms with van der Waals surface area (Å²) in [6.45, 7) is 6.81. The van der Waals surface area contributed by atoms with Gasteiger partial charge in [0.25, 0.3) is 5.91 Å². The van der Waals surface area contributed by atoms with E-state index < -0.39 is 0 Å². The molecule has 1 saturated heterocycles. The number of amides is 1. The summed E-state index contributed by atoms with van der Waals surface area (Å²) in [5.41, 5.74) is 3.78. The molecule has 1 N–H and O–H groups in total. The number of halogens is 1. The molecule has 1 fully saturated rings. The molecule has 0 saturated carbocycles. The summed E-state index contributed by atoms with van der Waals surface area (Å²) in [5, 5.41) is 3.29. The quantitative estimate of drug-likeness (QED) is 0.611. The predicted octanol–water partition coefficient (Wildman–Crippen LogP) is 4.56. The number of aryl methyl sites for hydroxylation is 2. The summed E-state index contributed by atoms with van der Waals surface area (Å²) in [6, 6.07) is 17.7. The summed E-state index contributed by atoms with van der Waals surface area (Å²) in [6.07, 6.45) is 0. The smallest absolute Gasteiger partial charge is 0.255 e. The molecule has 1 aliphatic rings. The third-order valence-corrected chi connectivity index (χ3v) is 5.84. The van der Waals surface area contributed by atoms with Crippen molar-refractivity contribution in [2.45, 2.75) is 13.8 Å². The molecule has 1 aromatic heterocycles. The van der Waals surface area contributed by atoms with E-state index in [1.54, 1.807) is 0 Å². The molecule has 4 rings (SSSR count). The highest BCUT2D eigenvalue weighted by molar-refractivity contribution is 9.10. The van der Waals surface area contributed by atoms with Gasteiger partial charge in [0.1, 0.15) is 5.82 Å². The fraction of sp³-hybridized carbons (Fsp3) is 0.261. The summed E-state index contributed by atoms with van der Waals surface area (Å²) in [5.74, 6) is 1.52. The van der Waals surface area contributed by atoms with E-state index in [0.717, 1.165) is 34.8 Å². The number of nitrogens with zero attached hydrogens (tertiary/aromatic N) is 4. The van der Waals surface area contributed by atoms with Crippen molar-refractivity contribution in [1.82, 2.24) is 14.9 Å². The zero-order valence-corrected chi connectivity index (χ0v) is 18.7. The van der Waals surface area contributed by atoms with Gasteiger partial charge < -0.3 is 15.1 Å². The lowest BCUT2D eigenvalue weighted by Crippen LogP contribution is -2.49. The van der Waals surface area contributed by atoms with Gasteiger partial charge in [-0.1, -0.05) is 29.8 Å². The van der Waals surface area contributed by atoms with Gasteiger partial charge in [0.15, 0.2) is 0 Å². The first kappa shape index (κ1) is 20.3.